The highest BCUT2D eigenvalue weighted by atomic mass is 79.9. The van der Waals surface area contributed by atoms with Gasteiger partial charge in [-0.2, -0.15) is 0 Å². The van der Waals surface area contributed by atoms with E-state index in [0.717, 1.165) is 10.0 Å². The van der Waals surface area contributed by atoms with Gasteiger partial charge in [-0.3, -0.25) is 4.79 Å². The zero-order valence-electron chi connectivity index (χ0n) is 10.1. The maximum atomic E-state index is 12.1. The lowest BCUT2D eigenvalue weighted by molar-refractivity contribution is 0.332. The van der Waals surface area contributed by atoms with Crippen molar-refractivity contribution in [1.29, 1.82) is 0 Å². The maximum absolute atomic E-state index is 12.1. The van der Waals surface area contributed by atoms with E-state index in [0.29, 0.717) is 18.9 Å². The van der Waals surface area contributed by atoms with Crippen LogP contribution in [0.25, 0.3) is 0 Å². The standard InChI is InChI=1S/C14H14BrNO2/c1-2-18-13-4-3-9-16(14(13)17)10-11-5-7-12(15)8-6-11/h3-9H,2,10H2,1H3. The van der Waals surface area contributed by atoms with Gasteiger partial charge < -0.3 is 9.30 Å². The number of hydrogen-bond donors (Lipinski definition) is 0. The van der Waals surface area contributed by atoms with Gasteiger partial charge in [0, 0.05) is 10.7 Å². The van der Waals surface area contributed by atoms with Gasteiger partial charge in [-0.15, -0.1) is 0 Å². The fourth-order valence-electron chi connectivity index (χ4n) is 1.69. The number of aromatic nitrogens is 1. The van der Waals surface area contributed by atoms with Gasteiger partial charge in [0.05, 0.1) is 13.2 Å². The lowest BCUT2D eigenvalue weighted by Crippen LogP contribution is -2.21. The van der Waals surface area contributed by atoms with E-state index < -0.39 is 0 Å². The fourth-order valence-corrected chi connectivity index (χ4v) is 1.96. The van der Waals surface area contributed by atoms with Crippen LogP contribution in [0, 0.1) is 0 Å². The molecule has 0 aliphatic rings. The molecule has 1 aromatic carbocycles. The topological polar surface area (TPSA) is 31.2 Å². The average molecular weight is 308 g/mol. The number of nitrogens with zero attached hydrogens (tertiary/aromatic N) is 1. The van der Waals surface area contributed by atoms with Crippen molar-refractivity contribution < 1.29 is 4.74 Å². The number of ether oxygens (including phenoxy) is 1. The normalized spacial score (nSPS) is 10.3. The van der Waals surface area contributed by atoms with Crippen molar-refractivity contribution in [2.24, 2.45) is 0 Å². The van der Waals surface area contributed by atoms with Crippen LogP contribution in [0.1, 0.15) is 12.5 Å². The molecule has 0 amide bonds. The minimum absolute atomic E-state index is 0.0951. The molecule has 0 bridgehead atoms. The van der Waals surface area contributed by atoms with E-state index in [1.54, 1.807) is 16.8 Å². The third-order valence-electron chi connectivity index (χ3n) is 2.55. The van der Waals surface area contributed by atoms with Crippen molar-refractivity contribution in [2.75, 3.05) is 6.61 Å². The van der Waals surface area contributed by atoms with Crippen LogP contribution in [0.15, 0.2) is 51.9 Å². The monoisotopic (exact) mass is 307 g/mol. The summed E-state index contributed by atoms with van der Waals surface area (Å²) in [5.74, 6) is 0.400. The third kappa shape index (κ3) is 3.01. The highest BCUT2D eigenvalue weighted by molar-refractivity contribution is 9.10. The summed E-state index contributed by atoms with van der Waals surface area (Å²) >= 11 is 3.39. The lowest BCUT2D eigenvalue weighted by atomic mass is 10.2. The maximum Gasteiger partial charge on any atom is 0.293 e. The smallest absolute Gasteiger partial charge is 0.293 e. The van der Waals surface area contributed by atoms with E-state index in [1.807, 2.05) is 37.3 Å². The van der Waals surface area contributed by atoms with Crippen molar-refractivity contribution in [2.45, 2.75) is 13.5 Å². The SMILES string of the molecule is CCOc1cccn(Cc2ccc(Br)cc2)c1=O. The van der Waals surface area contributed by atoms with Crippen molar-refractivity contribution in [3.05, 3.63) is 63.0 Å². The van der Waals surface area contributed by atoms with Crippen LogP contribution in [0.3, 0.4) is 0 Å². The first-order chi connectivity index (χ1) is 8.70. The Kier molecular flexibility index (Phi) is 4.20. The zero-order valence-corrected chi connectivity index (χ0v) is 11.7. The van der Waals surface area contributed by atoms with Crippen LogP contribution < -0.4 is 10.3 Å². The van der Waals surface area contributed by atoms with Gasteiger partial charge in [0.15, 0.2) is 5.75 Å². The van der Waals surface area contributed by atoms with E-state index in [2.05, 4.69) is 15.9 Å². The molecule has 1 heterocycles. The third-order valence-corrected chi connectivity index (χ3v) is 3.08. The molecule has 0 atom stereocenters. The summed E-state index contributed by atoms with van der Waals surface area (Å²) < 4.78 is 7.97. The van der Waals surface area contributed by atoms with Crippen molar-refractivity contribution in [3.8, 4) is 5.75 Å². The second-order valence-electron chi connectivity index (χ2n) is 3.86. The van der Waals surface area contributed by atoms with Gasteiger partial charge in [0.25, 0.3) is 5.56 Å². The van der Waals surface area contributed by atoms with Gasteiger partial charge in [0.2, 0.25) is 0 Å². The molecule has 18 heavy (non-hydrogen) atoms. The summed E-state index contributed by atoms with van der Waals surface area (Å²) in [4.78, 5) is 12.1. The van der Waals surface area contributed by atoms with Crippen molar-refractivity contribution >= 4 is 15.9 Å². The van der Waals surface area contributed by atoms with Gasteiger partial charge in [0.1, 0.15) is 0 Å². The number of pyridine rings is 1. The summed E-state index contributed by atoms with van der Waals surface area (Å²) in [6.07, 6.45) is 1.77. The molecule has 0 spiro atoms. The second kappa shape index (κ2) is 5.87. The molecule has 0 N–H and O–H groups in total. The van der Waals surface area contributed by atoms with Gasteiger partial charge >= 0.3 is 0 Å². The van der Waals surface area contributed by atoms with Crippen LogP contribution in [0.2, 0.25) is 0 Å². The molecule has 2 rings (SSSR count). The summed E-state index contributed by atoms with van der Waals surface area (Å²) in [6.45, 7) is 2.91. The highest BCUT2D eigenvalue weighted by Gasteiger charge is 2.04. The van der Waals surface area contributed by atoms with E-state index in [-0.39, 0.29) is 5.56 Å². The van der Waals surface area contributed by atoms with E-state index in [9.17, 15) is 4.79 Å². The van der Waals surface area contributed by atoms with E-state index >= 15 is 0 Å². The van der Waals surface area contributed by atoms with Gasteiger partial charge in [-0.25, -0.2) is 0 Å². The molecule has 4 heteroatoms. The molecule has 2 aromatic rings. The summed E-state index contributed by atoms with van der Waals surface area (Å²) in [7, 11) is 0. The quantitative estimate of drug-likeness (QED) is 0.869. The molecule has 0 saturated heterocycles. The molecule has 0 aliphatic heterocycles. The number of hydrogen-bond acceptors (Lipinski definition) is 2. The Labute approximate surface area is 114 Å². The first-order valence-corrected chi connectivity index (χ1v) is 6.56. The Morgan fingerprint density at radius 3 is 2.61 bits per heavy atom. The van der Waals surface area contributed by atoms with Crippen LogP contribution in [-0.4, -0.2) is 11.2 Å². The Morgan fingerprint density at radius 2 is 1.94 bits per heavy atom. The largest absolute Gasteiger partial charge is 0.488 e. The first kappa shape index (κ1) is 12.9. The van der Waals surface area contributed by atoms with Crippen LogP contribution in [0.5, 0.6) is 5.75 Å². The number of benzene rings is 1. The molecular weight excluding hydrogens is 294 g/mol. The van der Waals surface area contributed by atoms with Crippen molar-refractivity contribution in [3.63, 3.8) is 0 Å². The molecule has 0 aliphatic carbocycles. The number of rotatable bonds is 4. The second-order valence-corrected chi connectivity index (χ2v) is 4.78. The van der Waals surface area contributed by atoms with E-state index in [4.69, 9.17) is 4.74 Å². The predicted molar refractivity (Wildman–Crippen MR) is 75.1 cm³/mol. The fraction of sp³-hybridized carbons (Fsp3) is 0.214. The Bertz CT molecular complexity index is 575. The molecular formula is C14H14BrNO2. The highest BCUT2D eigenvalue weighted by Crippen LogP contribution is 2.11. The Morgan fingerprint density at radius 1 is 1.22 bits per heavy atom. The summed E-state index contributed by atoms with van der Waals surface area (Å²) in [6, 6.07) is 11.4. The van der Waals surface area contributed by atoms with Crippen molar-refractivity contribution in [1.82, 2.24) is 4.57 Å². The first-order valence-electron chi connectivity index (χ1n) is 5.77. The Balaban J connectivity index is 2.26. The minimum Gasteiger partial charge on any atom is -0.488 e. The minimum atomic E-state index is -0.0951. The molecule has 0 fully saturated rings. The van der Waals surface area contributed by atoms with Crippen LogP contribution in [-0.2, 0) is 6.54 Å². The molecule has 0 radical (unpaired) electrons. The average Bonchev–Trinajstić information content (AvgIpc) is 2.37. The number of halogens is 1. The molecule has 3 nitrogen and oxygen atoms in total. The van der Waals surface area contributed by atoms with Gasteiger partial charge in [-0.05, 0) is 36.8 Å². The summed E-state index contributed by atoms with van der Waals surface area (Å²) in [5, 5.41) is 0. The van der Waals surface area contributed by atoms with Crippen LogP contribution in [0.4, 0.5) is 0 Å². The zero-order chi connectivity index (χ0) is 13.0. The van der Waals surface area contributed by atoms with Gasteiger partial charge in [-0.1, -0.05) is 28.1 Å². The molecule has 0 unspecified atom stereocenters. The summed E-state index contributed by atoms with van der Waals surface area (Å²) in [5.41, 5.74) is 0.983. The molecule has 0 saturated carbocycles. The van der Waals surface area contributed by atoms with Crippen LogP contribution >= 0.6 is 15.9 Å². The molecule has 1 aromatic heterocycles. The van der Waals surface area contributed by atoms with E-state index in [1.165, 1.54) is 0 Å². The molecule has 94 valence electrons. The lowest BCUT2D eigenvalue weighted by Gasteiger charge is -2.08. The Hall–Kier alpha value is -1.55. The predicted octanol–water partition coefficient (Wildman–Crippen LogP) is 3.06.